The first-order valence-corrected chi connectivity index (χ1v) is 4.04. The van der Waals surface area contributed by atoms with E-state index in [1.165, 1.54) is 6.42 Å². The van der Waals surface area contributed by atoms with Crippen LogP contribution >= 0.6 is 0 Å². The Kier molecular flexibility index (Phi) is 6.68. The molecule has 0 fully saturated rings. The highest BCUT2D eigenvalue weighted by Gasteiger charge is 1.89. The van der Waals surface area contributed by atoms with E-state index in [1.807, 2.05) is 6.92 Å². The van der Waals surface area contributed by atoms with Gasteiger partial charge in [0.2, 0.25) is 5.96 Å². The van der Waals surface area contributed by atoms with Gasteiger partial charge in [-0.2, -0.15) is 0 Å². The minimum atomic E-state index is 0.723. The van der Waals surface area contributed by atoms with Crippen LogP contribution in [0.5, 0.6) is 0 Å². The van der Waals surface area contributed by atoms with E-state index in [4.69, 9.17) is 0 Å². The predicted molar refractivity (Wildman–Crippen MR) is 50.4 cm³/mol. The monoisotopic (exact) mass is 155 g/mol. The molecule has 1 N–H and O–H groups in total. The molecule has 0 bridgehead atoms. The Balaban J connectivity index is 3.54. The molecule has 0 aliphatic heterocycles. The van der Waals surface area contributed by atoms with Gasteiger partial charge >= 0.3 is 0 Å². The number of hydrogen-bond donors (Lipinski definition) is 1. The maximum Gasteiger partial charge on any atom is 0.217 e. The molecular weight excluding hydrogens is 138 g/mol. The van der Waals surface area contributed by atoms with Gasteiger partial charge in [-0.3, -0.25) is 4.99 Å². The molecule has 0 saturated heterocycles. The molecule has 0 rings (SSSR count). The summed E-state index contributed by atoms with van der Waals surface area (Å²) in [6, 6.07) is 0. The van der Waals surface area contributed by atoms with Gasteiger partial charge in [0.05, 0.1) is 0 Å². The molecule has 0 radical (unpaired) electrons. The minimum Gasteiger partial charge on any atom is -0.355 e. The van der Waals surface area contributed by atoms with Crippen LogP contribution in [0.3, 0.4) is 0 Å². The van der Waals surface area contributed by atoms with Gasteiger partial charge in [-0.05, 0) is 13.3 Å². The number of hydrogen-bond acceptors (Lipinski definition) is 1. The average molecular weight is 155 g/mol. The number of nitrogens with zero attached hydrogens (tertiary/aromatic N) is 2. The smallest absolute Gasteiger partial charge is 0.217 e. The Morgan fingerprint density at radius 1 is 1.55 bits per heavy atom. The van der Waals surface area contributed by atoms with Gasteiger partial charge in [-0.1, -0.05) is 13.3 Å². The SMILES string of the molecule is CC=NC(=NC)NCCCC. The lowest BCUT2D eigenvalue weighted by Gasteiger charge is -2.01. The second kappa shape index (κ2) is 7.25. The zero-order valence-corrected chi connectivity index (χ0v) is 7.59. The van der Waals surface area contributed by atoms with E-state index >= 15 is 0 Å². The standard InChI is InChI=1S/C8H17N3/c1-4-6-7-11-8(9-3)10-5-2/h5H,4,6-7H2,1-3H3,(H,9,11). The van der Waals surface area contributed by atoms with Crippen LogP contribution in [-0.2, 0) is 0 Å². The normalized spacial score (nSPS) is 12.5. The Bertz CT molecular complexity index is 138. The summed E-state index contributed by atoms with van der Waals surface area (Å²) in [5.41, 5.74) is 0. The van der Waals surface area contributed by atoms with Crippen LogP contribution < -0.4 is 5.32 Å². The van der Waals surface area contributed by atoms with Crippen LogP contribution in [-0.4, -0.2) is 25.8 Å². The van der Waals surface area contributed by atoms with E-state index in [2.05, 4.69) is 22.2 Å². The summed E-state index contributed by atoms with van der Waals surface area (Å²) >= 11 is 0. The minimum absolute atomic E-state index is 0.723. The third-order valence-corrected chi connectivity index (χ3v) is 1.28. The van der Waals surface area contributed by atoms with E-state index in [9.17, 15) is 0 Å². The first-order chi connectivity index (χ1) is 5.35. The fraction of sp³-hybridized carbons (Fsp3) is 0.750. The summed E-state index contributed by atoms with van der Waals surface area (Å²) < 4.78 is 0. The molecule has 0 aliphatic rings. The highest BCUT2D eigenvalue weighted by Crippen LogP contribution is 1.83. The molecule has 0 spiro atoms. The van der Waals surface area contributed by atoms with Crippen LogP contribution in [0.15, 0.2) is 9.98 Å². The number of guanidine groups is 1. The molecule has 11 heavy (non-hydrogen) atoms. The van der Waals surface area contributed by atoms with Gasteiger partial charge in [-0.15, -0.1) is 0 Å². The van der Waals surface area contributed by atoms with Crippen molar-refractivity contribution in [2.45, 2.75) is 26.7 Å². The topological polar surface area (TPSA) is 36.8 Å². The van der Waals surface area contributed by atoms with Crippen molar-refractivity contribution in [1.82, 2.24) is 5.32 Å². The molecule has 0 atom stereocenters. The molecule has 0 saturated carbocycles. The third kappa shape index (κ3) is 5.58. The Hall–Kier alpha value is -0.860. The van der Waals surface area contributed by atoms with Crippen LogP contribution in [0, 0.1) is 0 Å². The first kappa shape index (κ1) is 10.1. The highest BCUT2D eigenvalue weighted by molar-refractivity contribution is 5.86. The quantitative estimate of drug-likeness (QED) is 0.374. The van der Waals surface area contributed by atoms with E-state index in [0.29, 0.717) is 0 Å². The lowest BCUT2D eigenvalue weighted by atomic mass is 10.3. The predicted octanol–water partition coefficient (Wildman–Crippen LogP) is 1.45. The number of rotatable bonds is 3. The molecule has 64 valence electrons. The Morgan fingerprint density at radius 2 is 2.27 bits per heavy atom. The van der Waals surface area contributed by atoms with Gasteiger partial charge in [0.15, 0.2) is 0 Å². The average Bonchev–Trinajstić information content (AvgIpc) is 2.03. The molecule has 0 amide bonds. The van der Waals surface area contributed by atoms with E-state index in [1.54, 1.807) is 13.3 Å². The van der Waals surface area contributed by atoms with Crippen molar-refractivity contribution in [1.29, 1.82) is 0 Å². The molecule has 0 aromatic rings. The number of unbranched alkanes of at least 4 members (excludes halogenated alkanes) is 1. The van der Waals surface area contributed by atoms with Gasteiger partial charge in [0.25, 0.3) is 0 Å². The Morgan fingerprint density at radius 3 is 2.73 bits per heavy atom. The molecular formula is C8H17N3. The summed E-state index contributed by atoms with van der Waals surface area (Å²) in [5, 5.41) is 3.12. The molecule has 3 nitrogen and oxygen atoms in total. The Labute approximate surface area is 68.6 Å². The maximum atomic E-state index is 4.03. The number of nitrogens with one attached hydrogen (secondary N) is 1. The van der Waals surface area contributed by atoms with Crippen molar-refractivity contribution in [2.24, 2.45) is 9.98 Å². The number of aliphatic imine (C=N–C) groups is 2. The van der Waals surface area contributed by atoms with Crippen molar-refractivity contribution in [3.63, 3.8) is 0 Å². The molecule has 3 heteroatoms. The fourth-order valence-corrected chi connectivity index (χ4v) is 0.682. The van der Waals surface area contributed by atoms with Crippen molar-refractivity contribution < 1.29 is 0 Å². The summed E-state index contributed by atoms with van der Waals surface area (Å²) in [5.74, 6) is 0.723. The van der Waals surface area contributed by atoms with Crippen LogP contribution in [0.4, 0.5) is 0 Å². The van der Waals surface area contributed by atoms with Crippen molar-refractivity contribution in [2.75, 3.05) is 13.6 Å². The van der Waals surface area contributed by atoms with Gasteiger partial charge in [0, 0.05) is 19.8 Å². The lowest BCUT2D eigenvalue weighted by molar-refractivity contribution is 0.751. The summed E-state index contributed by atoms with van der Waals surface area (Å²) in [6.07, 6.45) is 4.10. The second-order valence-corrected chi connectivity index (χ2v) is 2.21. The van der Waals surface area contributed by atoms with Crippen molar-refractivity contribution in [3.05, 3.63) is 0 Å². The molecule has 0 unspecified atom stereocenters. The summed E-state index contributed by atoms with van der Waals surface area (Å²) in [6.45, 7) is 5.00. The van der Waals surface area contributed by atoms with Gasteiger partial charge in [-0.25, -0.2) is 4.99 Å². The molecule has 0 aromatic heterocycles. The van der Waals surface area contributed by atoms with Crippen LogP contribution in [0.1, 0.15) is 26.7 Å². The molecule has 0 heterocycles. The largest absolute Gasteiger partial charge is 0.355 e. The zero-order chi connectivity index (χ0) is 8.53. The highest BCUT2D eigenvalue weighted by atomic mass is 15.1. The van der Waals surface area contributed by atoms with Gasteiger partial charge < -0.3 is 5.32 Å². The first-order valence-electron chi connectivity index (χ1n) is 4.04. The molecule has 0 aliphatic carbocycles. The van der Waals surface area contributed by atoms with Gasteiger partial charge in [0.1, 0.15) is 0 Å². The van der Waals surface area contributed by atoms with E-state index in [-0.39, 0.29) is 0 Å². The van der Waals surface area contributed by atoms with Crippen molar-refractivity contribution >= 4 is 12.2 Å². The lowest BCUT2D eigenvalue weighted by Crippen LogP contribution is -2.22. The fourth-order valence-electron chi connectivity index (χ4n) is 0.682. The van der Waals surface area contributed by atoms with E-state index < -0.39 is 0 Å². The van der Waals surface area contributed by atoms with E-state index in [0.717, 1.165) is 18.9 Å². The molecule has 0 aromatic carbocycles. The maximum absolute atomic E-state index is 4.03. The third-order valence-electron chi connectivity index (χ3n) is 1.28. The summed E-state index contributed by atoms with van der Waals surface area (Å²) in [7, 11) is 1.74. The summed E-state index contributed by atoms with van der Waals surface area (Å²) in [4.78, 5) is 7.99. The zero-order valence-electron chi connectivity index (χ0n) is 7.59. The van der Waals surface area contributed by atoms with Crippen LogP contribution in [0.2, 0.25) is 0 Å². The second-order valence-electron chi connectivity index (χ2n) is 2.21. The van der Waals surface area contributed by atoms with Crippen molar-refractivity contribution in [3.8, 4) is 0 Å². The van der Waals surface area contributed by atoms with Crippen LogP contribution in [0.25, 0.3) is 0 Å².